The minimum Gasteiger partial charge on any atom is -0.497 e. The molecule has 7 rings (SSSR count). The van der Waals surface area contributed by atoms with Crippen LogP contribution in [0.2, 0.25) is 0 Å². The van der Waals surface area contributed by atoms with E-state index in [1.807, 2.05) is 84.9 Å². The number of benzene rings is 4. The van der Waals surface area contributed by atoms with Crippen LogP contribution in [0.3, 0.4) is 0 Å². The van der Waals surface area contributed by atoms with Crippen molar-refractivity contribution in [3.05, 3.63) is 156 Å². The standard InChI is InChI=1S/C44H43N5O9/c1-28(15-24-36(50)51)57-38-35(58-43(39(38)55-4)49-27-47-37-40(45-26-46-41(37)49)48-42(52)29-11-7-5-8-12-29)25-56-44(30-13-9-6-10-14-30,31-16-20-33(53-2)21-17-31)32-18-22-34(54-3)23-19-32/h5-14,16-23,26-27,35,38-39,43H,1,15,24-25H2,2-4H3,(H,50,51)(H,45,46,48,52)/t35-,38-,39-,43-/m1/s1. The maximum atomic E-state index is 13.1. The van der Waals surface area contributed by atoms with E-state index in [0.717, 1.165) is 16.7 Å². The van der Waals surface area contributed by atoms with Crippen molar-refractivity contribution in [1.29, 1.82) is 0 Å². The molecule has 1 aliphatic rings. The number of fused-ring (bicyclic) bond motifs is 1. The molecule has 1 saturated heterocycles. The van der Waals surface area contributed by atoms with E-state index in [1.165, 1.54) is 19.8 Å². The summed E-state index contributed by atoms with van der Waals surface area (Å²) in [4.78, 5) is 38.0. The van der Waals surface area contributed by atoms with E-state index in [1.54, 1.807) is 43.1 Å². The van der Waals surface area contributed by atoms with E-state index in [-0.39, 0.29) is 36.9 Å². The smallest absolute Gasteiger partial charge is 0.303 e. The average Bonchev–Trinajstić information content (AvgIpc) is 3.85. The first kappa shape index (κ1) is 39.6. The lowest BCUT2D eigenvalue weighted by atomic mass is 9.80. The fourth-order valence-electron chi connectivity index (χ4n) is 7.14. The van der Waals surface area contributed by atoms with Gasteiger partial charge in [0, 0.05) is 19.1 Å². The van der Waals surface area contributed by atoms with Gasteiger partial charge in [0.25, 0.3) is 5.91 Å². The van der Waals surface area contributed by atoms with Crippen LogP contribution in [0.4, 0.5) is 5.82 Å². The molecule has 14 nitrogen and oxygen atoms in total. The number of carbonyl (C=O) groups excluding carboxylic acids is 1. The van der Waals surface area contributed by atoms with Crippen LogP contribution in [0.1, 0.15) is 46.1 Å². The number of nitrogens with one attached hydrogen (secondary N) is 1. The number of rotatable bonds is 17. The Bertz CT molecular complexity index is 2290. The van der Waals surface area contributed by atoms with Crippen LogP contribution in [0.15, 0.2) is 134 Å². The lowest BCUT2D eigenvalue weighted by Gasteiger charge is -2.37. The molecule has 0 unspecified atom stereocenters. The minimum atomic E-state index is -1.19. The molecule has 58 heavy (non-hydrogen) atoms. The summed E-state index contributed by atoms with van der Waals surface area (Å²) >= 11 is 0. The van der Waals surface area contributed by atoms with E-state index in [4.69, 9.17) is 28.4 Å². The first-order valence-electron chi connectivity index (χ1n) is 18.5. The second-order valence-electron chi connectivity index (χ2n) is 13.5. The minimum absolute atomic E-state index is 0.0415. The third-order valence-electron chi connectivity index (χ3n) is 10.0. The number of nitrogens with zero attached hydrogens (tertiary/aromatic N) is 4. The van der Waals surface area contributed by atoms with Gasteiger partial charge < -0.3 is 38.8 Å². The first-order valence-corrected chi connectivity index (χ1v) is 18.5. The van der Waals surface area contributed by atoms with E-state index in [0.29, 0.717) is 28.2 Å². The Balaban J connectivity index is 1.28. The molecule has 0 saturated carbocycles. The van der Waals surface area contributed by atoms with Gasteiger partial charge in [-0.2, -0.15) is 0 Å². The van der Waals surface area contributed by atoms with Gasteiger partial charge in [-0.15, -0.1) is 0 Å². The Labute approximate surface area is 335 Å². The molecule has 1 fully saturated rings. The number of carbonyl (C=O) groups is 2. The highest BCUT2D eigenvalue weighted by atomic mass is 16.6. The van der Waals surface area contributed by atoms with E-state index in [9.17, 15) is 14.7 Å². The number of allylic oxidation sites excluding steroid dienone is 1. The molecule has 2 aromatic heterocycles. The zero-order chi connectivity index (χ0) is 40.6. The third-order valence-corrected chi connectivity index (χ3v) is 10.0. The summed E-state index contributed by atoms with van der Waals surface area (Å²) in [5, 5.41) is 12.3. The molecule has 4 aromatic carbocycles. The molecular weight excluding hydrogens is 743 g/mol. The number of aromatic nitrogens is 4. The second-order valence-corrected chi connectivity index (χ2v) is 13.5. The number of methoxy groups -OCH3 is 3. The molecule has 0 bridgehead atoms. The average molecular weight is 786 g/mol. The number of carboxylic acids is 1. The summed E-state index contributed by atoms with van der Waals surface area (Å²) in [6, 6.07) is 33.9. The summed E-state index contributed by atoms with van der Waals surface area (Å²) in [5.74, 6) is 0.469. The Morgan fingerprint density at radius 3 is 1.98 bits per heavy atom. The molecule has 2 N–H and O–H groups in total. The van der Waals surface area contributed by atoms with Gasteiger partial charge in [0.1, 0.15) is 35.6 Å². The Hall–Kier alpha value is -6.61. The van der Waals surface area contributed by atoms with Gasteiger partial charge in [-0.25, -0.2) is 15.0 Å². The van der Waals surface area contributed by atoms with Crippen molar-refractivity contribution in [2.24, 2.45) is 0 Å². The van der Waals surface area contributed by atoms with Crippen molar-refractivity contribution in [1.82, 2.24) is 19.5 Å². The fraction of sp³-hybridized carbons (Fsp3) is 0.250. The van der Waals surface area contributed by atoms with E-state index in [2.05, 4.69) is 26.8 Å². The SMILES string of the molecule is C=C(CCC(=O)O)O[C@H]1[C@@H](OC)[C@H](n2cnc3c(NC(=O)c4ccccc4)ncnc32)O[C@@H]1COC(c1ccccc1)(c1ccc(OC)cc1)c1ccc(OC)cc1. The van der Waals surface area contributed by atoms with E-state index >= 15 is 0 Å². The van der Waals surface area contributed by atoms with Crippen LogP contribution in [-0.4, -0.2) is 82.8 Å². The normalized spacial score (nSPS) is 17.8. The molecule has 4 atom stereocenters. The Morgan fingerprint density at radius 2 is 1.40 bits per heavy atom. The maximum Gasteiger partial charge on any atom is 0.303 e. The lowest BCUT2D eigenvalue weighted by Crippen LogP contribution is -2.41. The quantitative estimate of drug-likeness (QED) is 0.0737. The Kier molecular flexibility index (Phi) is 12.1. The topological polar surface area (TPSA) is 165 Å². The van der Waals surface area contributed by atoms with Crippen LogP contribution >= 0.6 is 0 Å². The predicted molar refractivity (Wildman–Crippen MR) is 214 cm³/mol. The molecule has 1 aliphatic heterocycles. The largest absolute Gasteiger partial charge is 0.497 e. The predicted octanol–water partition coefficient (Wildman–Crippen LogP) is 6.78. The highest BCUT2D eigenvalue weighted by molar-refractivity contribution is 6.06. The number of anilines is 1. The number of ether oxygens (including phenoxy) is 6. The first-order chi connectivity index (χ1) is 28.2. The van der Waals surface area contributed by atoms with Crippen LogP contribution in [0.25, 0.3) is 11.2 Å². The third kappa shape index (κ3) is 8.11. The molecule has 0 spiro atoms. The summed E-state index contributed by atoms with van der Waals surface area (Å²) in [7, 11) is 4.76. The summed E-state index contributed by atoms with van der Waals surface area (Å²) < 4.78 is 39.3. The number of hydrogen-bond acceptors (Lipinski definition) is 11. The molecule has 6 aromatic rings. The van der Waals surface area contributed by atoms with E-state index < -0.39 is 36.1 Å². The van der Waals surface area contributed by atoms with Gasteiger partial charge in [-0.3, -0.25) is 14.2 Å². The van der Waals surface area contributed by atoms with Gasteiger partial charge in [-0.1, -0.05) is 79.4 Å². The fourth-order valence-corrected chi connectivity index (χ4v) is 7.14. The van der Waals surface area contributed by atoms with Gasteiger partial charge in [0.2, 0.25) is 0 Å². The summed E-state index contributed by atoms with van der Waals surface area (Å²) in [6.45, 7) is 4.00. The van der Waals surface area contributed by atoms with Gasteiger partial charge >= 0.3 is 5.97 Å². The summed E-state index contributed by atoms with van der Waals surface area (Å²) in [6.07, 6.45) is -0.561. The highest BCUT2D eigenvalue weighted by Gasteiger charge is 2.50. The van der Waals surface area contributed by atoms with Crippen molar-refractivity contribution in [2.75, 3.05) is 33.3 Å². The molecule has 0 radical (unpaired) electrons. The summed E-state index contributed by atoms with van der Waals surface area (Å²) in [5.41, 5.74) is 2.43. The number of carboxylic acid groups (broad SMARTS) is 1. The maximum absolute atomic E-state index is 13.1. The van der Waals surface area contributed by atoms with Crippen LogP contribution in [-0.2, 0) is 29.3 Å². The Morgan fingerprint density at radius 1 is 0.793 bits per heavy atom. The number of hydrogen-bond donors (Lipinski definition) is 2. The van der Waals surface area contributed by atoms with Crippen molar-refractivity contribution >= 4 is 28.9 Å². The van der Waals surface area contributed by atoms with Crippen molar-refractivity contribution in [3.63, 3.8) is 0 Å². The number of aliphatic carboxylic acids is 1. The van der Waals surface area contributed by atoms with Crippen molar-refractivity contribution < 1.29 is 43.1 Å². The lowest BCUT2D eigenvalue weighted by molar-refractivity contribution is -0.137. The number of imidazole rings is 1. The van der Waals surface area contributed by atoms with Crippen molar-refractivity contribution in [3.8, 4) is 11.5 Å². The van der Waals surface area contributed by atoms with Gasteiger partial charge in [-0.05, 0) is 53.1 Å². The number of amides is 1. The molecule has 298 valence electrons. The van der Waals surface area contributed by atoms with Crippen LogP contribution in [0, 0.1) is 0 Å². The second kappa shape index (κ2) is 17.7. The highest BCUT2D eigenvalue weighted by Crippen LogP contribution is 2.44. The van der Waals surface area contributed by atoms with Crippen LogP contribution in [0.5, 0.6) is 11.5 Å². The van der Waals surface area contributed by atoms with Crippen molar-refractivity contribution in [2.45, 2.75) is 43.0 Å². The van der Waals surface area contributed by atoms with Gasteiger partial charge in [0.05, 0.1) is 39.3 Å². The zero-order valence-corrected chi connectivity index (χ0v) is 32.2. The molecule has 0 aliphatic carbocycles. The molecule has 3 heterocycles. The molecule has 1 amide bonds. The monoisotopic (exact) mass is 785 g/mol. The van der Waals surface area contributed by atoms with Gasteiger partial charge in [0.15, 0.2) is 29.3 Å². The molecular formula is C44H43N5O9. The molecule has 14 heteroatoms. The van der Waals surface area contributed by atoms with Crippen LogP contribution < -0.4 is 14.8 Å². The zero-order valence-electron chi connectivity index (χ0n) is 32.2.